The SMILES string of the molecule is CCCCC/C=C\C/C=C\CCCCCCCCO[C@@H]1[C@H](CN(C)C)[C@@H]1OCCCCCCCC/C=C\C/C=C\CCCCC. The largest absolute Gasteiger partial charge is 0.375 e. The average molecular weight is 628 g/mol. The molecule has 1 aliphatic rings. The summed E-state index contributed by atoms with van der Waals surface area (Å²) in [5.74, 6) is 0.550. The highest BCUT2D eigenvalue weighted by Gasteiger charge is 2.52. The van der Waals surface area contributed by atoms with Crippen molar-refractivity contribution in [2.45, 2.75) is 180 Å². The zero-order valence-electron chi connectivity index (χ0n) is 30.7. The molecule has 0 unspecified atom stereocenters. The number of hydrogen-bond donors (Lipinski definition) is 0. The van der Waals surface area contributed by atoms with E-state index in [-0.39, 0.29) is 0 Å². The molecule has 0 heterocycles. The topological polar surface area (TPSA) is 21.7 Å². The third-order valence-corrected chi connectivity index (χ3v) is 8.91. The molecular weight excluding hydrogens is 550 g/mol. The molecule has 0 aliphatic heterocycles. The maximum atomic E-state index is 6.31. The quantitative estimate of drug-likeness (QED) is 0.0523. The summed E-state index contributed by atoms with van der Waals surface area (Å²) in [4.78, 5) is 2.28. The maximum absolute atomic E-state index is 6.31. The number of rotatable bonds is 34. The van der Waals surface area contributed by atoms with E-state index in [2.05, 4.69) is 81.5 Å². The Labute approximate surface area is 282 Å². The minimum Gasteiger partial charge on any atom is -0.375 e. The Balaban J connectivity index is 1.94. The van der Waals surface area contributed by atoms with Gasteiger partial charge in [-0.2, -0.15) is 0 Å². The van der Waals surface area contributed by atoms with Crippen LogP contribution in [-0.4, -0.2) is 51.0 Å². The van der Waals surface area contributed by atoms with Crippen molar-refractivity contribution in [3.8, 4) is 0 Å². The molecule has 3 nitrogen and oxygen atoms in total. The summed E-state index contributed by atoms with van der Waals surface area (Å²) in [7, 11) is 4.33. The van der Waals surface area contributed by atoms with Crippen LogP contribution >= 0.6 is 0 Å². The highest BCUT2D eigenvalue weighted by molar-refractivity contribution is 5.02. The van der Waals surface area contributed by atoms with Gasteiger partial charge in [0.05, 0.1) is 12.2 Å². The molecule has 1 fully saturated rings. The number of nitrogens with zero attached hydrogens (tertiary/aromatic N) is 1. The van der Waals surface area contributed by atoms with E-state index in [4.69, 9.17) is 9.47 Å². The molecule has 45 heavy (non-hydrogen) atoms. The van der Waals surface area contributed by atoms with Gasteiger partial charge in [-0.25, -0.2) is 0 Å². The third kappa shape index (κ3) is 27.6. The van der Waals surface area contributed by atoms with Gasteiger partial charge in [-0.1, -0.05) is 140 Å². The molecule has 3 heteroatoms. The first-order chi connectivity index (χ1) is 22.2. The molecule has 0 bridgehead atoms. The van der Waals surface area contributed by atoms with E-state index < -0.39 is 0 Å². The predicted molar refractivity (Wildman–Crippen MR) is 200 cm³/mol. The molecule has 0 radical (unpaired) electrons. The van der Waals surface area contributed by atoms with E-state index in [1.807, 2.05) is 0 Å². The first kappa shape index (κ1) is 41.9. The van der Waals surface area contributed by atoms with Crippen LogP contribution in [0.15, 0.2) is 48.6 Å². The lowest BCUT2D eigenvalue weighted by atomic mass is 10.1. The van der Waals surface area contributed by atoms with Crippen molar-refractivity contribution < 1.29 is 9.47 Å². The predicted octanol–water partition coefficient (Wildman–Crippen LogP) is 12.6. The second-order valence-corrected chi connectivity index (χ2v) is 13.8. The lowest BCUT2D eigenvalue weighted by molar-refractivity contribution is 0.0401. The maximum Gasteiger partial charge on any atom is 0.0907 e. The Morgan fingerprint density at radius 2 is 0.756 bits per heavy atom. The van der Waals surface area contributed by atoms with Crippen molar-refractivity contribution >= 4 is 0 Å². The van der Waals surface area contributed by atoms with Crippen LogP contribution in [0.2, 0.25) is 0 Å². The van der Waals surface area contributed by atoms with Gasteiger partial charge in [0.2, 0.25) is 0 Å². The van der Waals surface area contributed by atoms with Gasteiger partial charge in [0, 0.05) is 25.7 Å². The van der Waals surface area contributed by atoms with E-state index in [0.29, 0.717) is 18.1 Å². The second kappa shape index (κ2) is 32.8. The van der Waals surface area contributed by atoms with Gasteiger partial charge in [0.1, 0.15) is 0 Å². The Hall–Kier alpha value is -1.16. The summed E-state index contributed by atoms with van der Waals surface area (Å²) < 4.78 is 12.6. The first-order valence-electron chi connectivity index (χ1n) is 19.7. The summed E-state index contributed by atoms with van der Waals surface area (Å²) >= 11 is 0. The summed E-state index contributed by atoms with van der Waals surface area (Å²) in [6.45, 7) is 7.40. The van der Waals surface area contributed by atoms with Gasteiger partial charge in [-0.15, -0.1) is 0 Å². The van der Waals surface area contributed by atoms with Gasteiger partial charge in [0.15, 0.2) is 0 Å². The fourth-order valence-corrected chi connectivity index (χ4v) is 6.00. The lowest BCUT2D eigenvalue weighted by Gasteiger charge is -2.08. The lowest BCUT2D eigenvalue weighted by Crippen LogP contribution is -2.17. The van der Waals surface area contributed by atoms with Crippen LogP contribution in [0, 0.1) is 5.92 Å². The average Bonchev–Trinajstić information content (AvgIpc) is 3.68. The van der Waals surface area contributed by atoms with E-state index >= 15 is 0 Å². The minimum atomic E-state index is 0.315. The molecule has 0 aromatic rings. The minimum absolute atomic E-state index is 0.315. The Morgan fingerprint density at radius 1 is 0.422 bits per heavy atom. The van der Waals surface area contributed by atoms with Crippen LogP contribution < -0.4 is 0 Å². The van der Waals surface area contributed by atoms with Crippen LogP contribution in [0.1, 0.15) is 168 Å². The van der Waals surface area contributed by atoms with Crippen molar-refractivity contribution in [3.63, 3.8) is 0 Å². The Kier molecular flexibility index (Phi) is 30.5. The molecule has 0 N–H and O–H groups in total. The van der Waals surface area contributed by atoms with Crippen LogP contribution in [0.4, 0.5) is 0 Å². The molecule has 0 spiro atoms. The van der Waals surface area contributed by atoms with Crippen LogP contribution in [0.25, 0.3) is 0 Å². The van der Waals surface area contributed by atoms with Crippen molar-refractivity contribution in [1.82, 2.24) is 4.90 Å². The Bertz CT molecular complexity index is 668. The summed E-state index contributed by atoms with van der Waals surface area (Å²) in [5.41, 5.74) is 0. The summed E-state index contributed by atoms with van der Waals surface area (Å²) in [5, 5.41) is 0. The first-order valence-corrected chi connectivity index (χ1v) is 19.7. The van der Waals surface area contributed by atoms with Crippen LogP contribution in [0.3, 0.4) is 0 Å². The highest BCUT2D eigenvalue weighted by Crippen LogP contribution is 2.38. The normalized spacial score (nSPS) is 18.6. The molecule has 0 amide bonds. The number of unbranched alkanes of at least 4 members (excludes halogenated alkanes) is 18. The molecule has 0 saturated heterocycles. The zero-order valence-corrected chi connectivity index (χ0v) is 30.7. The molecule has 0 aromatic heterocycles. The molecule has 1 saturated carbocycles. The molecule has 3 atom stereocenters. The van der Waals surface area contributed by atoms with Crippen molar-refractivity contribution in [2.75, 3.05) is 33.9 Å². The van der Waals surface area contributed by atoms with E-state index in [1.54, 1.807) is 0 Å². The molecular formula is C42H77NO2. The molecule has 1 rings (SSSR count). The zero-order chi connectivity index (χ0) is 32.5. The standard InChI is InChI=1S/C42H77NO2/c1-5-7-9-11-13-15-17-19-21-23-25-27-29-31-33-35-37-44-41-40(39-43(3)4)42(41)45-38-36-34-32-30-28-26-24-22-20-18-16-14-12-10-8-6-2/h13-16,19-22,40-42H,5-12,17-18,23-39H2,1-4H3/b15-13-,16-14-,21-19-,22-20-/t40-,41+,42-. The number of hydrogen-bond acceptors (Lipinski definition) is 3. The Morgan fingerprint density at radius 3 is 1.11 bits per heavy atom. The van der Waals surface area contributed by atoms with Crippen LogP contribution in [-0.2, 0) is 9.47 Å². The number of allylic oxidation sites excluding steroid dienone is 8. The van der Waals surface area contributed by atoms with E-state index in [0.717, 1.165) is 32.6 Å². The second-order valence-electron chi connectivity index (χ2n) is 13.8. The molecule has 1 aliphatic carbocycles. The fourth-order valence-electron chi connectivity index (χ4n) is 6.00. The van der Waals surface area contributed by atoms with Crippen molar-refractivity contribution in [2.24, 2.45) is 5.92 Å². The smallest absolute Gasteiger partial charge is 0.0907 e. The number of ether oxygens (including phenoxy) is 2. The molecule has 262 valence electrons. The highest BCUT2D eigenvalue weighted by atomic mass is 16.6. The fraction of sp³-hybridized carbons (Fsp3) is 0.810. The molecule has 0 aromatic carbocycles. The van der Waals surface area contributed by atoms with Gasteiger partial charge < -0.3 is 14.4 Å². The monoisotopic (exact) mass is 628 g/mol. The summed E-state index contributed by atoms with van der Waals surface area (Å²) in [6.07, 6.45) is 50.3. The third-order valence-electron chi connectivity index (χ3n) is 8.91. The van der Waals surface area contributed by atoms with Gasteiger partial charge in [-0.05, 0) is 91.1 Å². The van der Waals surface area contributed by atoms with Gasteiger partial charge >= 0.3 is 0 Å². The van der Waals surface area contributed by atoms with Crippen molar-refractivity contribution in [3.05, 3.63) is 48.6 Å². The van der Waals surface area contributed by atoms with Gasteiger partial charge in [0.25, 0.3) is 0 Å². The van der Waals surface area contributed by atoms with E-state index in [9.17, 15) is 0 Å². The van der Waals surface area contributed by atoms with Crippen LogP contribution in [0.5, 0.6) is 0 Å². The van der Waals surface area contributed by atoms with Crippen molar-refractivity contribution in [1.29, 1.82) is 0 Å². The van der Waals surface area contributed by atoms with E-state index in [1.165, 1.54) is 141 Å². The summed E-state index contributed by atoms with van der Waals surface area (Å²) in [6, 6.07) is 0. The van der Waals surface area contributed by atoms with Gasteiger partial charge in [-0.3, -0.25) is 0 Å².